The predicted molar refractivity (Wildman–Crippen MR) is 93.2 cm³/mol. The highest BCUT2D eigenvalue weighted by Gasteiger charge is 2.35. The van der Waals surface area contributed by atoms with Crippen LogP contribution in [0.25, 0.3) is 0 Å². The standard InChI is InChI=1S/C18H22N2O6/c1-12-10-16(18(22)25-12)26-17(21)13-6-7-14(15(11-13)20(23)24)19-8-4-2-3-5-9-19/h6-7,11-12,16H,2-5,8-10H2,1H3/t12-,16-/m0/s1. The van der Waals surface area contributed by atoms with E-state index in [2.05, 4.69) is 0 Å². The van der Waals surface area contributed by atoms with Gasteiger partial charge in [0.05, 0.1) is 10.5 Å². The lowest BCUT2D eigenvalue weighted by Gasteiger charge is -2.22. The van der Waals surface area contributed by atoms with Gasteiger partial charge in [-0.2, -0.15) is 0 Å². The number of hydrogen-bond acceptors (Lipinski definition) is 7. The van der Waals surface area contributed by atoms with Crippen molar-refractivity contribution in [2.24, 2.45) is 0 Å². The van der Waals surface area contributed by atoms with Crippen LogP contribution in [0.5, 0.6) is 0 Å². The first-order valence-corrected chi connectivity index (χ1v) is 8.90. The SMILES string of the molecule is C[C@H]1C[C@H](OC(=O)c2ccc(N3CCCCCC3)c([N+](=O)[O-])c2)C(=O)O1. The van der Waals surface area contributed by atoms with Gasteiger partial charge in [0.25, 0.3) is 5.69 Å². The van der Waals surface area contributed by atoms with Gasteiger partial charge in [-0.05, 0) is 31.9 Å². The molecule has 2 aliphatic heterocycles. The fraction of sp³-hybridized carbons (Fsp3) is 0.556. The number of carbonyl (C=O) groups excluding carboxylic acids is 2. The van der Waals surface area contributed by atoms with E-state index in [-0.39, 0.29) is 17.4 Å². The van der Waals surface area contributed by atoms with E-state index in [4.69, 9.17) is 9.47 Å². The number of benzene rings is 1. The summed E-state index contributed by atoms with van der Waals surface area (Å²) in [6.45, 7) is 3.24. The highest BCUT2D eigenvalue weighted by molar-refractivity contribution is 5.93. The summed E-state index contributed by atoms with van der Waals surface area (Å²) in [5, 5.41) is 11.5. The van der Waals surface area contributed by atoms with Crippen molar-refractivity contribution in [1.82, 2.24) is 0 Å². The van der Waals surface area contributed by atoms with E-state index in [1.165, 1.54) is 12.1 Å². The van der Waals surface area contributed by atoms with Gasteiger partial charge in [-0.3, -0.25) is 10.1 Å². The van der Waals surface area contributed by atoms with E-state index in [9.17, 15) is 19.7 Å². The lowest BCUT2D eigenvalue weighted by molar-refractivity contribution is -0.384. The molecule has 0 unspecified atom stereocenters. The van der Waals surface area contributed by atoms with Crippen LogP contribution in [0.15, 0.2) is 18.2 Å². The Morgan fingerprint density at radius 2 is 1.96 bits per heavy atom. The molecule has 0 saturated carbocycles. The van der Waals surface area contributed by atoms with Gasteiger partial charge in [-0.1, -0.05) is 12.8 Å². The Labute approximate surface area is 151 Å². The van der Waals surface area contributed by atoms with Crippen molar-refractivity contribution in [2.45, 2.75) is 51.2 Å². The van der Waals surface area contributed by atoms with Crippen LogP contribution in [0, 0.1) is 10.1 Å². The van der Waals surface area contributed by atoms with E-state index in [1.807, 2.05) is 4.90 Å². The summed E-state index contributed by atoms with van der Waals surface area (Å²) in [6.07, 6.45) is 3.24. The summed E-state index contributed by atoms with van der Waals surface area (Å²) in [5.41, 5.74) is 0.452. The molecule has 0 bridgehead atoms. The third-order valence-corrected chi connectivity index (χ3v) is 4.73. The van der Waals surface area contributed by atoms with E-state index in [0.717, 1.165) is 38.8 Å². The Kier molecular flexibility index (Phi) is 5.39. The fourth-order valence-corrected chi connectivity index (χ4v) is 3.39. The maximum absolute atomic E-state index is 12.3. The molecule has 2 fully saturated rings. The third-order valence-electron chi connectivity index (χ3n) is 4.73. The van der Waals surface area contributed by atoms with Crippen molar-refractivity contribution in [3.05, 3.63) is 33.9 Å². The predicted octanol–water partition coefficient (Wildman–Crippen LogP) is 2.84. The maximum Gasteiger partial charge on any atom is 0.347 e. The number of nitro benzene ring substituents is 1. The lowest BCUT2D eigenvalue weighted by atomic mass is 10.1. The number of anilines is 1. The second kappa shape index (κ2) is 7.72. The number of rotatable bonds is 4. The van der Waals surface area contributed by atoms with Gasteiger partial charge in [0.1, 0.15) is 11.8 Å². The van der Waals surface area contributed by atoms with Crippen LogP contribution in [-0.4, -0.2) is 42.2 Å². The van der Waals surface area contributed by atoms with E-state index >= 15 is 0 Å². The van der Waals surface area contributed by atoms with E-state index in [0.29, 0.717) is 12.1 Å². The van der Waals surface area contributed by atoms with Gasteiger partial charge in [0.2, 0.25) is 6.10 Å². The van der Waals surface area contributed by atoms with Gasteiger partial charge in [-0.15, -0.1) is 0 Å². The van der Waals surface area contributed by atoms with E-state index in [1.54, 1.807) is 13.0 Å². The summed E-state index contributed by atoms with van der Waals surface area (Å²) in [4.78, 5) is 36.9. The maximum atomic E-state index is 12.3. The zero-order valence-corrected chi connectivity index (χ0v) is 14.7. The first-order valence-electron chi connectivity index (χ1n) is 8.90. The lowest BCUT2D eigenvalue weighted by Crippen LogP contribution is -2.25. The minimum atomic E-state index is -0.957. The second-order valence-corrected chi connectivity index (χ2v) is 6.74. The number of nitrogens with zero attached hydrogens (tertiary/aromatic N) is 2. The molecule has 140 valence electrons. The molecular formula is C18H22N2O6. The number of ether oxygens (including phenoxy) is 2. The average Bonchev–Trinajstić information content (AvgIpc) is 2.81. The van der Waals surface area contributed by atoms with Crippen molar-refractivity contribution in [2.75, 3.05) is 18.0 Å². The minimum Gasteiger partial charge on any atom is -0.460 e. The quantitative estimate of drug-likeness (QED) is 0.461. The Bertz CT molecular complexity index is 712. The van der Waals surface area contributed by atoms with Crippen molar-refractivity contribution >= 4 is 23.3 Å². The molecule has 8 heteroatoms. The first-order chi connectivity index (χ1) is 12.5. The monoisotopic (exact) mass is 362 g/mol. The third kappa shape index (κ3) is 3.95. The molecule has 1 aromatic rings. The molecule has 3 rings (SSSR count). The number of esters is 2. The van der Waals surface area contributed by atoms with Crippen LogP contribution in [0.3, 0.4) is 0 Å². The summed E-state index contributed by atoms with van der Waals surface area (Å²) in [5.74, 6) is -1.34. The zero-order valence-electron chi connectivity index (χ0n) is 14.7. The van der Waals surface area contributed by atoms with Gasteiger partial charge in [-0.25, -0.2) is 9.59 Å². The molecule has 8 nitrogen and oxygen atoms in total. The molecule has 2 aliphatic rings. The Hall–Kier alpha value is -2.64. The van der Waals surface area contributed by atoms with Crippen LogP contribution in [0.2, 0.25) is 0 Å². The van der Waals surface area contributed by atoms with Crippen LogP contribution >= 0.6 is 0 Å². The molecule has 26 heavy (non-hydrogen) atoms. The molecule has 0 radical (unpaired) electrons. The second-order valence-electron chi connectivity index (χ2n) is 6.74. The molecule has 0 aromatic heterocycles. The summed E-state index contributed by atoms with van der Waals surface area (Å²) in [7, 11) is 0. The Morgan fingerprint density at radius 1 is 1.27 bits per heavy atom. The summed E-state index contributed by atoms with van der Waals surface area (Å²) < 4.78 is 10.1. The Balaban J connectivity index is 1.80. The fourth-order valence-electron chi connectivity index (χ4n) is 3.39. The normalized spacial score (nSPS) is 23.3. The smallest absolute Gasteiger partial charge is 0.347 e. The number of hydrogen-bond donors (Lipinski definition) is 0. The molecule has 0 amide bonds. The molecular weight excluding hydrogens is 340 g/mol. The van der Waals surface area contributed by atoms with Gasteiger partial charge < -0.3 is 14.4 Å². The molecule has 2 atom stereocenters. The van der Waals surface area contributed by atoms with E-state index < -0.39 is 23.0 Å². The van der Waals surface area contributed by atoms with Crippen LogP contribution < -0.4 is 4.90 Å². The van der Waals surface area contributed by atoms with Crippen molar-refractivity contribution in [1.29, 1.82) is 0 Å². The molecule has 0 aliphatic carbocycles. The van der Waals surface area contributed by atoms with Crippen molar-refractivity contribution in [3.8, 4) is 0 Å². The highest BCUT2D eigenvalue weighted by Crippen LogP contribution is 2.31. The van der Waals surface area contributed by atoms with Crippen LogP contribution in [-0.2, 0) is 14.3 Å². The number of cyclic esters (lactones) is 1. The number of carbonyl (C=O) groups is 2. The van der Waals surface area contributed by atoms with Crippen LogP contribution in [0.1, 0.15) is 49.4 Å². The van der Waals surface area contributed by atoms with Crippen molar-refractivity contribution in [3.63, 3.8) is 0 Å². The molecule has 2 heterocycles. The van der Waals surface area contributed by atoms with Gasteiger partial charge >= 0.3 is 11.9 Å². The van der Waals surface area contributed by atoms with Crippen LogP contribution in [0.4, 0.5) is 11.4 Å². The molecule has 0 spiro atoms. The summed E-state index contributed by atoms with van der Waals surface area (Å²) in [6, 6.07) is 4.33. The number of nitro groups is 1. The summed E-state index contributed by atoms with van der Waals surface area (Å²) >= 11 is 0. The minimum absolute atomic E-state index is 0.0580. The van der Waals surface area contributed by atoms with Crippen molar-refractivity contribution < 1.29 is 24.0 Å². The highest BCUT2D eigenvalue weighted by atomic mass is 16.6. The largest absolute Gasteiger partial charge is 0.460 e. The molecule has 0 N–H and O–H groups in total. The van der Waals surface area contributed by atoms with Gasteiger partial charge in [0, 0.05) is 25.6 Å². The average molecular weight is 362 g/mol. The first kappa shape index (κ1) is 18.2. The topological polar surface area (TPSA) is 99.0 Å². The molecule has 2 saturated heterocycles. The Morgan fingerprint density at radius 3 is 2.54 bits per heavy atom. The zero-order chi connectivity index (χ0) is 18.7. The molecule has 1 aromatic carbocycles. The van der Waals surface area contributed by atoms with Gasteiger partial charge in [0.15, 0.2) is 0 Å².